The van der Waals surface area contributed by atoms with Crippen LogP contribution in [0.3, 0.4) is 0 Å². The Morgan fingerprint density at radius 3 is 2.11 bits per heavy atom. The zero-order valence-electron chi connectivity index (χ0n) is 14.8. The number of nitrogen functional groups attached to an aromatic ring is 1. The Kier molecular flexibility index (Phi) is 5.29. The van der Waals surface area contributed by atoms with Gasteiger partial charge in [0.25, 0.3) is 0 Å². The number of ether oxygens (including phenoxy) is 2. The molecule has 0 unspecified atom stereocenters. The van der Waals surface area contributed by atoms with Gasteiger partial charge in [0.05, 0.1) is 31.4 Å². The van der Waals surface area contributed by atoms with Gasteiger partial charge < -0.3 is 20.5 Å². The van der Waals surface area contributed by atoms with Gasteiger partial charge in [-0.3, -0.25) is 4.79 Å². The molecule has 0 saturated carbocycles. The maximum atomic E-state index is 12.8. The van der Waals surface area contributed by atoms with Gasteiger partial charge in [-0.25, -0.2) is 4.85 Å². The average Bonchev–Trinajstić information content (AvgIpc) is 3.03. The zero-order chi connectivity index (χ0) is 19.4. The predicted molar refractivity (Wildman–Crippen MR) is 108 cm³/mol. The van der Waals surface area contributed by atoms with E-state index in [4.69, 9.17) is 21.8 Å². The molecule has 6 nitrogen and oxygen atoms in total. The summed E-state index contributed by atoms with van der Waals surface area (Å²) in [5.41, 5.74) is 7.78. The third-order valence-electron chi connectivity index (χ3n) is 3.94. The SMILES string of the molecule is [C-]#[N+]c1c(Nc2ccc(OC)cc2)sc(C(=O)c2ccc(OC)cc2)c1N. The number of hydrogen-bond donors (Lipinski definition) is 2. The van der Waals surface area contributed by atoms with Crippen molar-refractivity contribution in [1.82, 2.24) is 0 Å². The molecule has 0 aliphatic carbocycles. The highest BCUT2D eigenvalue weighted by molar-refractivity contribution is 7.19. The van der Waals surface area contributed by atoms with Crippen molar-refractivity contribution in [3.8, 4) is 11.5 Å². The highest BCUT2D eigenvalue weighted by Crippen LogP contribution is 2.45. The summed E-state index contributed by atoms with van der Waals surface area (Å²) in [5.74, 6) is 1.16. The van der Waals surface area contributed by atoms with E-state index < -0.39 is 0 Å². The van der Waals surface area contributed by atoms with Crippen LogP contribution in [-0.2, 0) is 0 Å². The van der Waals surface area contributed by atoms with Crippen LogP contribution in [0.2, 0.25) is 0 Å². The second-order valence-electron chi connectivity index (χ2n) is 5.55. The van der Waals surface area contributed by atoms with Gasteiger partial charge in [-0.05, 0) is 48.5 Å². The number of ketones is 1. The van der Waals surface area contributed by atoms with Crippen LogP contribution < -0.4 is 20.5 Å². The number of nitrogens with two attached hydrogens (primary N) is 1. The topological polar surface area (TPSA) is 77.9 Å². The second kappa shape index (κ2) is 7.81. The van der Waals surface area contributed by atoms with E-state index in [1.165, 1.54) is 11.3 Å². The number of carbonyl (C=O) groups is 1. The normalized spacial score (nSPS) is 10.1. The van der Waals surface area contributed by atoms with E-state index in [1.54, 1.807) is 50.6 Å². The van der Waals surface area contributed by atoms with Crippen LogP contribution in [-0.4, -0.2) is 20.0 Å². The Bertz CT molecular complexity index is 1000. The Hall–Kier alpha value is -3.50. The zero-order valence-corrected chi connectivity index (χ0v) is 15.6. The van der Waals surface area contributed by atoms with Crippen LogP contribution in [0.4, 0.5) is 22.1 Å². The minimum Gasteiger partial charge on any atom is -0.497 e. The molecule has 27 heavy (non-hydrogen) atoms. The molecule has 1 aromatic heterocycles. The highest BCUT2D eigenvalue weighted by Gasteiger charge is 2.22. The molecule has 3 rings (SSSR count). The van der Waals surface area contributed by atoms with Gasteiger partial charge in [-0.15, -0.1) is 11.3 Å². The molecule has 0 fully saturated rings. The van der Waals surface area contributed by atoms with Gasteiger partial charge in [0.1, 0.15) is 16.5 Å². The second-order valence-corrected chi connectivity index (χ2v) is 6.57. The van der Waals surface area contributed by atoms with Crippen molar-refractivity contribution >= 4 is 39.2 Å². The quantitative estimate of drug-likeness (QED) is 0.472. The predicted octanol–water partition coefficient (Wildman–Crippen LogP) is 4.87. The van der Waals surface area contributed by atoms with Crippen molar-refractivity contribution in [1.29, 1.82) is 0 Å². The van der Waals surface area contributed by atoms with E-state index in [1.807, 2.05) is 12.1 Å². The van der Waals surface area contributed by atoms with Crippen molar-refractivity contribution in [3.05, 3.63) is 70.4 Å². The van der Waals surface area contributed by atoms with Crippen molar-refractivity contribution in [2.45, 2.75) is 0 Å². The smallest absolute Gasteiger partial charge is 0.243 e. The van der Waals surface area contributed by atoms with E-state index in [0.29, 0.717) is 21.2 Å². The largest absolute Gasteiger partial charge is 0.497 e. The molecule has 0 bridgehead atoms. The number of carbonyl (C=O) groups excluding carboxylic acids is 1. The fraction of sp³-hybridized carbons (Fsp3) is 0.100. The number of nitrogens with one attached hydrogen (secondary N) is 1. The van der Waals surface area contributed by atoms with Crippen LogP contribution in [0, 0.1) is 6.57 Å². The summed E-state index contributed by atoms with van der Waals surface area (Å²) in [6.07, 6.45) is 0. The molecule has 0 aliphatic heterocycles. The molecule has 0 saturated heterocycles. The standard InChI is InChI=1S/C20H17N3O3S/c1-22-17-16(21)19(18(24)12-4-8-14(25-2)9-5-12)27-20(17)23-13-6-10-15(26-3)11-7-13/h4-11,23H,21H2,2-3H3. The molecule has 0 aliphatic rings. The lowest BCUT2D eigenvalue weighted by molar-refractivity contribution is 0.104. The van der Waals surface area contributed by atoms with Crippen molar-refractivity contribution in [3.63, 3.8) is 0 Å². The summed E-state index contributed by atoms with van der Waals surface area (Å²) in [7, 11) is 3.16. The molecule has 7 heteroatoms. The summed E-state index contributed by atoms with van der Waals surface area (Å²) < 4.78 is 10.2. The number of thiophene rings is 1. The summed E-state index contributed by atoms with van der Waals surface area (Å²) >= 11 is 1.17. The van der Waals surface area contributed by atoms with Crippen molar-refractivity contribution in [2.75, 3.05) is 25.3 Å². The van der Waals surface area contributed by atoms with Crippen LogP contribution in [0.25, 0.3) is 4.85 Å². The van der Waals surface area contributed by atoms with Gasteiger partial charge in [-0.2, -0.15) is 0 Å². The maximum absolute atomic E-state index is 12.8. The monoisotopic (exact) mass is 379 g/mol. The Labute approximate surface area is 161 Å². The molecule has 3 N–H and O–H groups in total. The van der Waals surface area contributed by atoms with Crippen molar-refractivity contribution < 1.29 is 14.3 Å². The minimum absolute atomic E-state index is 0.187. The van der Waals surface area contributed by atoms with Gasteiger partial charge >= 0.3 is 0 Å². The molecule has 0 radical (unpaired) electrons. The lowest BCUT2D eigenvalue weighted by atomic mass is 10.1. The minimum atomic E-state index is -0.229. The summed E-state index contributed by atoms with van der Waals surface area (Å²) in [4.78, 5) is 16.7. The number of nitrogens with zero attached hydrogens (tertiary/aromatic N) is 1. The molecule has 136 valence electrons. The summed E-state index contributed by atoms with van der Waals surface area (Å²) in [5, 5.41) is 3.69. The third-order valence-corrected chi connectivity index (χ3v) is 5.05. The number of benzene rings is 2. The Balaban J connectivity index is 1.92. The summed E-state index contributed by atoms with van der Waals surface area (Å²) in [6.45, 7) is 7.43. The number of anilines is 3. The van der Waals surface area contributed by atoms with Gasteiger partial charge in [0.2, 0.25) is 11.5 Å². The Morgan fingerprint density at radius 1 is 1.04 bits per heavy atom. The van der Waals surface area contributed by atoms with Gasteiger partial charge in [0, 0.05) is 11.3 Å². The first-order chi connectivity index (χ1) is 13.1. The highest BCUT2D eigenvalue weighted by atomic mass is 32.1. The maximum Gasteiger partial charge on any atom is 0.243 e. The average molecular weight is 379 g/mol. The Morgan fingerprint density at radius 2 is 1.59 bits per heavy atom. The van der Waals surface area contributed by atoms with Gasteiger partial charge in [0.15, 0.2) is 0 Å². The third kappa shape index (κ3) is 3.71. The lowest BCUT2D eigenvalue weighted by Gasteiger charge is -2.05. The van der Waals surface area contributed by atoms with Crippen molar-refractivity contribution in [2.24, 2.45) is 0 Å². The molecule has 0 spiro atoms. The van der Waals surface area contributed by atoms with Crippen LogP contribution >= 0.6 is 11.3 Å². The van der Waals surface area contributed by atoms with Crippen LogP contribution in [0.5, 0.6) is 11.5 Å². The van der Waals surface area contributed by atoms with E-state index in [2.05, 4.69) is 10.2 Å². The number of rotatable bonds is 6. The van der Waals surface area contributed by atoms with Crippen LogP contribution in [0.15, 0.2) is 48.5 Å². The number of methoxy groups -OCH3 is 2. The number of hydrogen-bond acceptors (Lipinski definition) is 6. The van der Waals surface area contributed by atoms with E-state index in [9.17, 15) is 4.79 Å². The van der Waals surface area contributed by atoms with E-state index >= 15 is 0 Å². The van der Waals surface area contributed by atoms with Gasteiger partial charge in [-0.1, -0.05) is 0 Å². The molecule has 0 amide bonds. The lowest BCUT2D eigenvalue weighted by Crippen LogP contribution is -2.01. The molecular formula is C20H17N3O3S. The fourth-order valence-electron chi connectivity index (χ4n) is 2.48. The molecule has 1 heterocycles. The molecular weight excluding hydrogens is 362 g/mol. The van der Waals surface area contributed by atoms with Crippen LogP contribution in [0.1, 0.15) is 15.2 Å². The summed E-state index contributed by atoms with van der Waals surface area (Å²) in [6, 6.07) is 14.0. The van der Waals surface area contributed by atoms with E-state index in [-0.39, 0.29) is 17.2 Å². The first-order valence-corrected chi connectivity index (χ1v) is 8.78. The first-order valence-electron chi connectivity index (χ1n) is 7.97. The first kappa shape index (κ1) is 18.3. The molecule has 0 atom stereocenters. The van der Waals surface area contributed by atoms with E-state index in [0.717, 1.165) is 11.4 Å². The molecule has 3 aromatic rings. The fourth-order valence-corrected chi connectivity index (χ4v) is 3.52. The molecule has 2 aromatic carbocycles.